The fraction of sp³-hybridized carbons (Fsp3) is 0.130. The van der Waals surface area contributed by atoms with Gasteiger partial charge >= 0.3 is 0 Å². The quantitative estimate of drug-likeness (QED) is 0.471. The number of benzene rings is 3. The van der Waals surface area contributed by atoms with Crippen molar-refractivity contribution in [3.05, 3.63) is 82.2 Å². The maximum Gasteiger partial charge on any atom is 0.255 e. The Morgan fingerprint density at radius 1 is 1.00 bits per heavy atom. The van der Waals surface area contributed by atoms with Gasteiger partial charge in [-0.1, -0.05) is 49.4 Å². The minimum Gasteiger partial charge on any atom is -0.322 e. The SMILES string of the molecule is CCc1sc(C)nc1-c1ccc(C(=O)Nc2ccc3ccccc3c2)cc1. The van der Waals surface area contributed by atoms with Crippen molar-refractivity contribution in [2.45, 2.75) is 20.3 Å². The van der Waals surface area contributed by atoms with Gasteiger partial charge in [-0.15, -0.1) is 11.3 Å². The van der Waals surface area contributed by atoms with Crippen LogP contribution in [0.5, 0.6) is 0 Å². The van der Waals surface area contributed by atoms with Gasteiger partial charge in [0.25, 0.3) is 5.91 Å². The van der Waals surface area contributed by atoms with Crippen LogP contribution in [0.25, 0.3) is 22.0 Å². The van der Waals surface area contributed by atoms with Crippen LogP contribution in [0, 0.1) is 6.92 Å². The van der Waals surface area contributed by atoms with Gasteiger partial charge in [0.15, 0.2) is 0 Å². The monoisotopic (exact) mass is 372 g/mol. The van der Waals surface area contributed by atoms with Crippen LogP contribution in [0.4, 0.5) is 5.69 Å². The van der Waals surface area contributed by atoms with Crippen LogP contribution in [-0.4, -0.2) is 10.9 Å². The summed E-state index contributed by atoms with van der Waals surface area (Å²) in [4.78, 5) is 18.5. The number of aromatic nitrogens is 1. The number of amides is 1. The second-order valence-corrected chi connectivity index (χ2v) is 7.74. The zero-order valence-corrected chi connectivity index (χ0v) is 16.1. The third-order valence-corrected chi connectivity index (χ3v) is 5.67. The standard InChI is InChI=1S/C23H20N2OS/c1-3-21-22(24-15(2)27-21)17-8-10-18(11-9-17)23(26)25-20-13-12-16-6-4-5-7-19(16)14-20/h4-14H,3H2,1-2H3,(H,25,26). The summed E-state index contributed by atoms with van der Waals surface area (Å²) < 4.78 is 0. The molecule has 0 aliphatic rings. The average Bonchev–Trinajstić information content (AvgIpc) is 3.09. The third-order valence-electron chi connectivity index (χ3n) is 4.55. The maximum absolute atomic E-state index is 12.6. The highest BCUT2D eigenvalue weighted by atomic mass is 32.1. The molecule has 0 saturated heterocycles. The van der Waals surface area contributed by atoms with E-state index in [4.69, 9.17) is 0 Å². The first-order valence-corrected chi connectivity index (χ1v) is 9.82. The fourth-order valence-corrected chi connectivity index (χ4v) is 4.08. The predicted molar refractivity (Wildman–Crippen MR) is 114 cm³/mol. The number of aryl methyl sites for hydroxylation is 2. The maximum atomic E-state index is 12.6. The molecule has 4 heteroatoms. The van der Waals surface area contributed by atoms with E-state index in [2.05, 4.69) is 23.3 Å². The molecule has 0 aliphatic heterocycles. The van der Waals surface area contributed by atoms with Gasteiger partial charge in [-0.05, 0) is 48.4 Å². The van der Waals surface area contributed by atoms with Crippen molar-refractivity contribution in [2.24, 2.45) is 0 Å². The van der Waals surface area contributed by atoms with E-state index in [0.717, 1.165) is 39.1 Å². The van der Waals surface area contributed by atoms with E-state index in [1.54, 1.807) is 11.3 Å². The van der Waals surface area contributed by atoms with Gasteiger partial charge in [-0.25, -0.2) is 4.98 Å². The molecule has 4 aromatic rings. The number of nitrogens with one attached hydrogen (secondary N) is 1. The fourth-order valence-electron chi connectivity index (χ4n) is 3.18. The summed E-state index contributed by atoms with van der Waals surface area (Å²) in [6.45, 7) is 4.17. The van der Waals surface area contributed by atoms with Gasteiger partial charge in [0.1, 0.15) is 0 Å². The van der Waals surface area contributed by atoms with Crippen LogP contribution in [0.1, 0.15) is 27.2 Å². The molecule has 4 rings (SSSR count). The minimum absolute atomic E-state index is 0.109. The van der Waals surface area contributed by atoms with Crippen LogP contribution in [0.3, 0.4) is 0 Å². The summed E-state index contributed by atoms with van der Waals surface area (Å²) in [5, 5.41) is 6.32. The number of nitrogens with zero attached hydrogens (tertiary/aromatic N) is 1. The molecule has 0 unspecified atom stereocenters. The molecule has 27 heavy (non-hydrogen) atoms. The Balaban J connectivity index is 1.55. The van der Waals surface area contributed by atoms with Gasteiger partial charge in [-0.3, -0.25) is 4.79 Å². The Morgan fingerprint density at radius 3 is 2.48 bits per heavy atom. The number of hydrogen-bond acceptors (Lipinski definition) is 3. The van der Waals surface area contributed by atoms with Crippen LogP contribution in [0.15, 0.2) is 66.7 Å². The van der Waals surface area contributed by atoms with Crippen molar-refractivity contribution in [3.8, 4) is 11.3 Å². The van der Waals surface area contributed by atoms with E-state index in [0.29, 0.717) is 5.56 Å². The summed E-state index contributed by atoms with van der Waals surface area (Å²) >= 11 is 1.73. The summed E-state index contributed by atoms with van der Waals surface area (Å²) in [7, 11) is 0. The molecule has 1 amide bonds. The molecule has 0 radical (unpaired) electrons. The molecule has 3 nitrogen and oxygen atoms in total. The summed E-state index contributed by atoms with van der Waals surface area (Å²) in [6.07, 6.45) is 0.963. The molecule has 0 fully saturated rings. The minimum atomic E-state index is -0.109. The molecule has 134 valence electrons. The zero-order chi connectivity index (χ0) is 18.8. The molecule has 0 bridgehead atoms. The van der Waals surface area contributed by atoms with Crippen LogP contribution in [0.2, 0.25) is 0 Å². The van der Waals surface area contributed by atoms with Crippen molar-refractivity contribution >= 4 is 33.7 Å². The molecule has 1 N–H and O–H groups in total. The number of hydrogen-bond donors (Lipinski definition) is 1. The highest BCUT2D eigenvalue weighted by Crippen LogP contribution is 2.28. The Kier molecular flexibility index (Phi) is 4.73. The van der Waals surface area contributed by atoms with Crippen molar-refractivity contribution in [3.63, 3.8) is 0 Å². The predicted octanol–water partition coefficient (Wildman–Crippen LogP) is 6.09. The Hall–Kier alpha value is -2.98. The van der Waals surface area contributed by atoms with E-state index in [-0.39, 0.29) is 5.91 Å². The van der Waals surface area contributed by atoms with E-state index in [1.807, 2.05) is 67.6 Å². The molecule has 1 aromatic heterocycles. The van der Waals surface area contributed by atoms with E-state index in [1.165, 1.54) is 4.88 Å². The summed E-state index contributed by atoms with van der Waals surface area (Å²) in [6, 6.07) is 21.7. The number of carbonyl (C=O) groups excluding carboxylic acids is 1. The topological polar surface area (TPSA) is 42.0 Å². The number of carbonyl (C=O) groups is 1. The lowest BCUT2D eigenvalue weighted by atomic mass is 10.1. The van der Waals surface area contributed by atoms with Crippen molar-refractivity contribution in [2.75, 3.05) is 5.32 Å². The molecular weight excluding hydrogens is 352 g/mol. The van der Waals surface area contributed by atoms with Gasteiger partial charge in [0, 0.05) is 21.7 Å². The lowest BCUT2D eigenvalue weighted by molar-refractivity contribution is 0.102. The van der Waals surface area contributed by atoms with Crippen molar-refractivity contribution in [1.29, 1.82) is 0 Å². The number of rotatable bonds is 4. The largest absolute Gasteiger partial charge is 0.322 e. The van der Waals surface area contributed by atoms with Gasteiger partial charge in [0.2, 0.25) is 0 Å². The first kappa shape index (κ1) is 17.4. The second-order valence-electron chi connectivity index (χ2n) is 6.45. The Bertz CT molecular complexity index is 1110. The van der Waals surface area contributed by atoms with Crippen molar-refractivity contribution in [1.82, 2.24) is 4.98 Å². The Labute approximate surface area is 162 Å². The molecule has 0 atom stereocenters. The molecule has 0 aliphatic carbocycles. The highest BCUT2D eigenvalue weighted by Gasteiger charge is 2.11. The summed E-state index contributed by atoms with van der Waals surface area (Å²) in [5.41, 5.74) is 3.52. The van der Waals surface area contributed by atoms with Crippen LogP contribution in [-0.2, 0) is 6.42 Å². The second kappa shape index (κ2) is 7.33. The molecular formula is C23H20N2OS. The van der Waals surface area contributed by atoms with E-state index >= 15 is 0 Å². The molecule has 3 aromatic carbocycles. The lowest BCUT2D eigenvalue weighted by Gasteiger charge is -2.08. The third kappa shape index (κ3) is 3.62. The normalized spacial score (nSPS) is 10.9. The highest BCUT2D eigenvalue weighted by molar-refractivity contribution is 7.12. The lowest BCUT2D eigenvalue weighted by Crippen LogP contribution is -2.11. The Morgan fingerprint density at radius 2 is 1.74 bits per heavy atom. The van der Waals surface area contributed by atoms with E-state index < -0.39 is 0 Å². The molecule has 1 heterocycles. The van der Waals surface area contributed by atoms with Crippen molar-refractivity contribution < 1.29 is 4.79 Å². The van der Waals surface area contributed by atoms with Crippen LogP contribution < -0.4 is 5.32 Å². The molecule has 0 spiro atoms. The zero-order valence-electron chi connectivity index (χ0n) is 15.3. The van der Waals surface area contributed by atoms with Crippen LogP contribution >= 0.6 is 11.3 Å². The van der Waals surface area contributed by atoms with Gasteiger partial charge in [0.05, 0.1) is 10.7 Å². The average molecular weight is 372 g/mol. The molecule has 0 saturated carbocycles. The smallest absolute Gasteiger partial charge is 0.255 e. The number of anilines is 1. The van der Waals surface area contributed by atoms with Gasteiger partial charge < -0.3 is 5.32 Å². The first-order chi connectivity index (χ1) is 13.1. The van der Waals surface area contributed by atoms with E-state index in [9.17, 15) is 4.79 Å². The summed E-state index contributed by atoms with van der Waals surface area (Å²) in [5.74, 6) is -0.109. The first-order valence-electron chi connectivity index (χ1n) is 9.01. The number of fused-ring (bicyclic) bond motifs is 1. The number of thiazole rings is 1. The van der Waals surface area contributed by atoms with Gasteiger partial charge in [-0.2, -0.15) is 0 Å².